The predicted octanol–water partition coefficient (Wildman–Crippen LogP) is 2.28. The molecule has 24 heavy (non-hydrogen) atoms. The van der Waals surface area contributed by atoms with Crippen LogP contribution in [0.25, 0.3) is 0 Å². The number of hydrogen-bond acceptors (Lipinski definition) is 6. The number of hydrogen-bond donors (Lipinski definition) is 1. The molecule has 2 aromatic rings. The van der Waals surface area contributed by atoms with Crippen LogP contribution >= 0.6 is 11.8 Å². The van der Waals surface area contributed by atoms with Gasteiger partial charge in [0.25, 0.3) is 0 Å². The van der Waals surface area contributed by atoms with Gasteiger partial charge in [-0.3, -0.25) is 4.79 Å². The quantitative estimate of drug-likeness (QED) is 0.736. The normalized spacial score (nSPS) is 10.7. The molecule has 0 aliphatic rings. The maximum atomic E-state index is 12.1. The first-order valence-corrected chi connectivity index (χ1v) is 8.54. The standard InChI is InChI=1S/C16H22N4O3S/c1-11(2)20-10-18-19-16(20)24-9-14(21)17-8-12-6-5-7-13(22-3)15(12)23-4/h5-7,10-11H,8-9H2,1-4H3,(H,17,21). The van der Waals surface area contributed by atoms with Crippen molar-refractivity contribution in [2.45, 2.75) is 31.6 Å². The Hall–Kier alpha value is -2.22. The number of para-hydroxylation sites is 1. The van der Waals surface area contributed by atoms with Crippen molar-refractivity contribution in [3.05, 3.63) is 30.1 Å². The Labute approximate surface area is 145 Å². The zero-order valence-corrected chi connectivity index (χ0v) is 15.1. The average Bonchev–Trinajstić information content (AvgIpc) is 3.06. The van der Waals surface area contributed by atoms with E-state index < -0.39 is 0 Å². The highest BCUT2D eigenvalue weighted by molar-refractivity contribution is 7.99. The van der Waals surface area contributed by atoms with E-state index in [9.17, 15) is 4.79 Å². The number of carbonyl (C=O) groups is 1. The van der Waals surface area contributed by atoms with Gasteiger partial charge in [0.05, 0.1) is 20.0 Å². The number of benzene rings is 1. The Kier molecular flexibility index (Phi) is 6.48. The summed E-state index contributed by atoms with van der Waals surface area (Å²) in [6.07, 6.45) is 1.67. The lowest BCUT2D eigenvalue weighted by atomic mass is 10.2. The minimum absolute atomic E-state index is 0.0804. The van der Waals surface area contributed by atoms with Crippen LogP contribution in [0.15, 0.2) is 29.7 Å². The van der Waals surface area contributed by atoms with Gasteiger partial charge in [0.1, 0.15) is 6.33 Å². The van der Waals surface area contributed by atoms with Crippen LogP contribution in [0.2, 0.25) is 0 Å². The summed E-state index contributed by atoms with van der Waals surface area (Å²) in [6, 6.07) is 5.83. The maximum absolute atomic E-state index is 12.1. The second kappa shape index (κ2) is 8.58. The molecule has 0 spiro atoms. The number of amides is 1. The summed E-state index contributed by atoms with van der Waals surface area (Å²) in [7, 11) is 3.17. The SMILES string of the molecule is COc1cccc(CNC(=O)CSc2nncn2C(C)C)c1OC. The molecule has 0 fully saturated rings. The van der Waals surface area contributed by atoms with E-state index in [-0.39, 0.29) is 17.7 Å². The smallest absolute Gasteiger partial charge is 0.230 e. The van der Waals surface area contributed by atoms with Crippen molar-refractivity contribution < 1.29 is 14.3 Å². The monoisotopic (exact) mass is 350 g/mol. The summed E-state index contributed by atoms with van der Waals surface area (Å²) in [5, 5.41) is 11.5. The van der Waals surface area contributed by atoms with E-state index in [1.807, 2.05) is 36.6 Å². The molecule has 0 atom stereocenters. The second-order valence-corrected chi connectivity index (χ2v) is 6.28. The summed E-state index contributed by atoms with van der Waals surface area (Å²) < 4.78 is 12.5. The van der Waals surface area contributed by atoms with Crippen molar-refractivity contribution in [3.63, 3.8) is 0 Å². The summed E-state index contributed by atoms with van der Waals surface area (Å²) in [6.45, 7) is 4.46. The van der Waals surface area contributed by atoms with Crippen molar-refractivity contribution in [2.24, 2.45) is 0 Å². The molecule has 7 nitrogen and oxygen atoms in total. The predicted molar refractivity (Wildman–Crippen MR) is 92.5 cm³/mol. The lowest BCUT2D eigenvalue weighted by molar-refractivity contribution is -0.118. The van der Waals surface area contributed by atoms with E-state index in [0.717, 1.165) is 10.7 Å². The summed E-state index contributed by atoms with van der Waals surface area (Å²) in [5.41, 5.74) is 0.862. The molecule has 0 bridgehead atoms. The van der Waals surface area contributed by atoms with Crippen molar-refractivity contribution in [1.82, 2.24) is 20.1 Å². The van der Waals surface area contributed by atoms with Crippen LogP contribution in [0.1, 0.15) is 25.5 Å². The molecule has 130 valence electrons. The van der Waals surface area contributed by atoms with Crippen molar-refractivity contribution in [3.8, 4) is 11.5 Å². The summed E-state index contributed by atoms with van der Waals surface area (Å²) >= 11 is 1.36. The number of thioether (sulfide) groups is 1. The highest BCUT2D eigenvalue weighted by Gasteiger charge is 2.13. The second-order valence-electron chi connectivity index (χ2n) is 5.33. The van der Waals surface area contributed by atoms with E-state index in [2.05, 4.69) is 15.5 Å². The summed E-state index contributed by atoms with van der Waals surface area (Å²) in [5.74, 6) is 1.47. The largest absolute Gasteiger partial charge is 0.493 e. The fraction of sp³-hybridized carbons (Fsp3) is 0.438. The number of methoxy groups -OCH3 is 2. The third kappa shape index (κ3) is 4.41. The van der Waals surface area contributed by atoms with Crippen LogP contribution in [-0.2, 0) is 11.3 Å². The van der Waals surface area contributed by atoms with Gasteiger partial charge in [-0.15, -0.1) is 10.2 Å². The van der Waals surface area contributed by atoms with E-state index in [1.165, 1.54) is 11.8 Å². The Balaban J connectivity index is 1.91. The van der Waals surface area contributed by atoms with Gasteiger partial charge in [0.2, 0.25) is 5.91 Å². The van der Waals surface area contributed by atoms with Gasteiger partial charge in [0, 0.05) is 18.2 Å². The minimum atomic E-state index is -0.0804. The highest BCUT2D eigenvalue weighted by atomic mass is 32.2. The third-order valence-electron chi connectivity index (χ3n) is 3.39. The van der Waals surface area contributed by atoms with Gasteiger partial charge in [0.15, 0.2) is 16.7 Å². The van der Waals surface area contributed by atoms with Crippen LogP contribution in [0.4, 0.5) is 0 Å². The molecule has 0 saturated heterocycles. The van der Waals surface area contributed by atoms with Gasteiger partial charge in [-0.25, -0.2) is 0 Å². The van der Waals surface area contributed by atoms with Gasteiger partial charge >= 0.3 is 0 Å². The van der Waals surface area contributed by atoms with E-state index >= 15 is 0 Å². The first kappa shape index (κ1) is 18.1. The molecule has 0 saturated carbocycles. The van der Waals surface area contributed by atoms with Crippen molar-refractivity contribution in [2.75, 3.05) is 20.0 Å². The zero-order valence-electron chi connectivity index (χ0n) is 14.3. The Morgan fingerprint density at radius 3 is 2.79 bits per heavy atom. The number of ether oxygens (including phenoxy) is 2. The lowest BCUT2D eigenvalue weighted by Crippen LogP contribution is -2.25. The molecule has 8 heteroatoms. The molecule has 1 aromatic carbocycles. The maximum Gasteiger partial charge on any atom is 0.230 e. The van der Waals surface area contributed by atoms with Crippen LogP contribution in [-0.4, -0.2) is 40.6 Å². The minimum Gasteiger partial charge on any atom is -0.493 e. The topological polar surface area (TPSA) is 78.3 Å². The number of carbonyl (C=O) groups excluding carboxylic acids is 1. The molecule has 0 aliphatic carbocycles. The van der Waals surface area contributed by atoms with Gasteiger partial charge in [-0.05, 0) is 19.9 Å². The lowest BCUT2D eigenvalue weighted by Gasteiger charge is -2.13. The molecule has 1 N–H and O–H groups in total. The van der Waals surface area contributed by atoms with E-state index in [1.54, 1.807) is 20.5 Å². The van der Waals surface area contributed by atoms with Crippen molar-refractivity contribution >= 4 is 17.7 Å². The molecular formula is C16H22N4O3S. The third-order valence-corrected chi connectivity index (χ3v) is 4.35. The van der Waals surface area contributed by atoms with E-state index in [4.69, 9.17) is 9.47 Å². The molecule has 0 aliphatic heterocycles. The number of nitrogens with zero attached hydrogens (tertiary/aromatic N) is 3. The number of rotatable bonds is 8. The van der Waals surface area contributed by atoms with Crippen LogP contribution in [0.5, 0.6) is 11.5 Å². The molecule has 0 radical (unpaired) electrons. The summed E-state index contributed by atoms with van der Waals surface area (Å²) in [4.78, 5) is 12.1. The van der Waals surface area contributed by atoms with Gasteiger partial charge < -0.3 is 19.4 Å². The first-order chi connectivity index (χ1) is 11.6. The molecule has 2 rings (SSSR count). The molecule has 1 amide bonds. The molecule has 1 aromatic heterocycles. The Bertz CT molecular complexity index is 688. The number of nitrogens with one attached hydrogen (secondary N) is 1. The number of aromatic nitrogens is 3. The fourth-order valence-electron chi connectivity index (χ4n) is 2.16. The Morgan fingerprint density at radius 2 is 2.12 bits per heavy atom. The fourth-order valence-corrected chi connectivity index (χ4v) is 3.03. The average molecular weight is 350 g/mol. The van der Waals surface area contributed by atoms with Gasteiger partial charge in [-0.2, -0.15) is 0 Å². The zero-order chi connectivity index (χ0) is 17.5. The van der Waals surface area contributed by atoms with Crippen molar-refractivity contribution in [1.29, 1.82) is 0 Å². The van der Waals surface area contributed by atoms with E-state index in [0.29, 0.717) is 18.0 Å². The molecular weight excluding hydrogens is 328 g/mol. The van der Waals surface area contributed by atoms with Crippen LogP contribution < -0.4 is 14.8 Å². The molecule has 0 unspecified atom stereocenters. The first-order valence-electron chi connectivity index (χ1n) is 7.55. The molecule has 1 heterocycles. The van der Waals surface area contributed by atoms with Crippen LogP contribution in [0.3, 0.4) is 0 Å². The Morgan fingerprint density at radius 1 is 1.33 bits per heavy atom. The van der Waals surface area contributed by atoms with Gasteiger partial charge in [-0.1, -0.05) is 23.9 Å². The van der Waals surface area contributed by atoms with Crippen LogP contribution in [0, 0.1) is 0 Å². The highest BCUT2D eigenvalue weighted by Crippen LogP contribution is 2.30.